The van der Waals surface area contributed by atoms with E-state index in [1.165, 1.54) is 35.6 Å². The van der Waals surface area contributed by atoms with E-state index in [1.54, 1.807) is 11.8 Å². The number of hydrogen-bond acceptors (Lipinski definition) is 5. The summed E-state index contributed by atoms with van der Waals surface area (Å²) in [5, 5.41) is 9.82. The maximum absolute atomic E-state index is 12.9. The highest BCUT2D eigenvalue weighted by atomic mass is 32.1. The summed E-state index contributed by atoms with van der Waals surface area (Å²) in [6.45, 7) is 2.72. The number of piperidine rings is 1. The summed E-state index contributed by atoms with van der Waals surface area (Å²) in [4.78, 5) is 30.4. The molecule has 1 aromatic heterocycles. The Bertz CT molecular complexity index is 806. The molecule has 1 aromatic carbocycles. The Hall–Kier alpha value is -2.48. The average molecular weight is 378 g/mol. The van der Waals surface area contributed by atoms with Gasteiger partial charge in [0.2, 0.25) is 0 Å². The number of carbonyl (C=O) groups excluding carboxylic acids is 1. The van der Waals surface area contributed by atoms with E-state index >= 15 is 0 Å². The molecule has 138 valence electrons. The van der Waals surface area contributed by atoms with Crippen LogP contribution in [0.3, 0.4) is 0 Å². The van der Waals surface area contributed by atoms with Gasteiger partial charge in [0.1, 0.15) is 28.1 Å². The second-order valence-electron chi connectivity index (χ2n) is 6.19. The number of nitrogens with zero attached hydrogens (tertiary/aromatic N) is 2. The van der Waals surface area contributed by atoms with Crippen LogP contribution in [-0.4, -0.2) is 40.0 Å². The molecule has 1 amide bonds. The number of ether oxygens (including phenoxy) is 1. The number of likely N-dealkylation sites (tertiary alicyclic amines) is 1. The van der Waals surface area contributed by atoms with Gasteiger partial charge in [0, 0.05) is 13.1 Å². The molecule has 26 heavy (non-hydrogen) atoms. The smallest absolute Gasteiger partial charge is 0.308 e. The Morgan fingerprint density at radius 1 is 1.38 bits per heavy atom. The van der Waals surface area contributed by atoms with E-state index in [0.717, 1.165) is 0 Å². The number of amides is 1. The quantitative estimate of drug-likeness (QED) is 0.865. The van der Waals surface area contributed by atoms with Crippen LogP contribution >= 0.6 is 11.3 Å². The third-order valence-corrected chi connectivity index (χ3v) is 5.39. The van der Waals surface area contributed by atoms with Crippen LogP contribution in [-0.2, 0) is 11.4 Å². The Balaban J connectivity index is 1.66. The molecule has 1 fully saturated rings. The molecule has 3 rings (SSSR count). The van der Waals surface area contributed by atoms with Crippen molar-refractivity contribution in [2.75, 3.05) is 13.1 Å². The van der Waals surface area contributed by atoms with Crippen LogP contribution in [0.5, 0.6) is 5.75 Å². The predicted octanol–water partition coefficient (Wildman–Crippen LogP) is 3.11. The van der Waals surface area contributed by atoms with E-state index in [1.807, 2.05) is 0 Å². The lowest BCUT2D eigenvalue weighted by molar-refractivity contribution is -0.143. The number of halogens is 1. The maximum Gasteiger partial charge on any atom is 0.308 e. The molecule has 1 atom stereocenters. The Labute approximate surface area is 154 Å². The van der Waals surface area contributed by atoms with Crippen LogP contribution in [0.2, 0.25) is 0 Å². The molecule has 0 unspecified atom stereocenters. The van der Waals surface area contributed by atoms with Crippen molar-refractivity contribution >= 4 is 23.2 Å². The second kappa shape index (κ2) is 7.82. The van der Waals surface area contributed by atoms with E-state index in [-0.39, 0.29) is 24.9 Å². The molecular weight excluding hydrogens is 359 g/mol. The van der Waals surface area contributed by atoms with Gasteiger partial charge in [-0.25, -0.2) is 9.37 Å². The average Bonchev–Trinajstić information content (AvgIpc) is 3.01. The van der Waals surface area contributed by atoms with Crippen molar-refractivity contribution in [1.82, 2.24) is 9.88 Å². The summed E-state index contributed by atoms with van der Waals surface area (Å²) in [5.74, 6) is -1.37. The van der Waals surface area contributed by atoms with Crippen molar-refractivity contribution in [3.8, 4) is 5.75 Å². The molecule has 0 aliphatic carbocycles. The zero-order chi connectivity index (χ0) is 18.7. The third kappa shape index (κ3) is 4.19. The molecule has 1 aliphatic heterocycles. The molecule has 0 radical (unpaired) electrons. The first-order valence-corrected chi connectivity index (χ1v) is 9.12. The summed E-state index contributed by atoms with van der Waals surface area (Å²) in [5.41, 5.74) is 0.607. The number of aliphatic carboxylic acids is 1. The van der Waals surface area contributed by atoms with Crippen molar-refractivity contribution in [3.63, 3.8) is 0 Å². The number of aromatic nitrogens is 1. The summed E-state index contributed by atoms with van der Waals surface area (Å²) in [7, 11) is 0. The van der Waals surface area contributed by atoms with E-state index in [0.29, 0.717) is 40.7 Å². The highest BCUT2D eigenvalue weighted by molar-refractivity contribution is 7.13. The lowest BCUT2D eigenvalue weighted by atomic mass is 9.98. The van der Waals surface area contributed by atoms with Crippen molar-refractivity contribution in [2.24, 2.45) is 5.92 Å². The minimum atomic E-state index is -0.864. The molecule has 8 heteroatoms. The number of carboxylic acid groups (broad SMARTS) is 1. The van der Waals surface area contributed by atoms with Gasteiger partial charge in [-0.2, -0.15) is 0 Å². The number of aryl methyl sites for hydroxylation is 1. The topological polar surface area (TPSA) is 79.7 Å². The number of hydrogen-bond donors (Lipinski definition) is 1. The first-order valence-electron chi connectivity index (χ1n) is 8.31. The Morgan fingerprint density at radius 3 is 2.81 bits per heavy atom. The lowest BCUT2D eigenvalue weighted by Gasteiger charge is -2.30. The minimum Gasteiger partial charge on any atom is -0.486 e. The predicted molar refractivity (Wildman–Crippen MR) is 93.8 cm³/mol. The van der Waals surface area contributed by atoms with E-state index in [4.69, 9.17) is 4.74 Å². The van der Waals surface area contributed by atoms with Crippen molar-refractivity contribution < 1.29 is 23.8 Å². The molecule has 2 aromatic rings. The first kappa shape index (κ1) is 18.3. The van der Waals surface area contributed by atoms with Crippen LogP contribution in [0, 0.1) is 18.7 Å². The van der Waals surface area contributed by atoms with Crippen LogP contribution in [0.15, 0.2) is 24.3 Å². The Kier molecular flexibility index (Phi) is 5.51. The number of benzene rings is 1. The van der Waals surface area contributed by atoms with Gasteiger partial charge >= 0.3 is 5.97 Å². The molecule has 0 bridgehead atoms. The molecule has 1 aliphatic rings. The minimum absolute atomic E-state index is 0.181. The van der Waals surface area contributed by atoms with Crippen molar-refractivity contribution in [2.45, 2.75) is 26.4 Å². The van der Waals surface area contributed by atoms with E-state index in [9.17, 15) is 19.1 Å². The number of rotatable bonds is 5. The van der Waals surface area contributed by atoms with Gasteiger partial charge in [-0.05, 0) is 44.0 Å². The summed E-state index contributed by atoms with van der Waals surface area (Å²) < 4.78 is 18.5. The largest absolute Gasteiger partial charge is 0.486 e. The molecule has 2 heterocycles. The SMILES string of the molecule is Cc1nc(COc2ccc(F)cc2)sc1C(=O)N1CCC[C@H](C(=O)O)C1. The fraction of sp³-hybridized carbons (Fsp3) is 0.389. The summed E-state index contributed by atoms with van der Waals surface area (Å²) in [6.07, 6.45) is 1.28. The zero-order valence-corrected chi connectivity index (χ0v) is 15.1. The van der Waals surface area contributed by atoms with Gasteiger partial charge in [-0.1, -0.05) is 0 Å². The van der Waals surface area contributed by atoms with Gasteiger partial charge in [-0.3, -0.25) is 9.59 Å². The molecule has 0 spiro atoms. The van der Waals surface area contributed by atoms with E-state index < -0.39 is 11.9 Å². The molecular formula is C18H19FN2O4S. The van der Waals surface area contributed by atoms with Crippen molar-refractivity contribution in [3.05, 3.63) is 45.7 Å². The summed E-state index contributed by atoms with van der Waals surface area (Å²) >= 11 is 1.24. The number of thiazole rings is 1. The van der Waals surface area contributed by atoms with Gasteiger partial charge in [-0.15, -0.1) is 11.3 Å². The second-order valence-corrected chi connectivity index (χ2v) is 7.28. The van der Waals surface area contributed by atoms with Gasteiger partial charge in [0.15, 0.2) is 0 Å². The first-order chi connectivity index (χ1) is 12.4. The highest BCUT2D eigenvalue weighted by Gasteiger charge is 2.30. The molecule has 0 saturated carbocycles. The van der Waals surface area contributed by atoms with Crippen LogP contribution in [0.4, 0.5) is 4.39 Å². The van der Waals surface area contributed by atoms with Crippen LogP contribution in [0.25, 0.3) is 0 Å². The Morgan fingerprint density at radius 2 is 2.12 bits per heavy atom. The van der Waals surface area contributed by atoms with Gasteiger partial charge in [0.25, 0.3) is 5.91 Å². The lowest BCUT2D eigenvalue weighted by Crippen LogP contribution is -2.42. The van der Waals surface area contributed by atoms with Crippen LogP contribution in [0.1, 0.15) is 33.2 Å². The molecule has 6 nitrogen and oxygen atoms in total. The zero-order valence-electron chi connectivity index (χ0n) is 14.3. The van der Waals surface area contributed by atoms with Crippen LogP contribution < -0.4 is 4.74 Å². The molecule has 1 saturated heterocycles. The van der Waals surface area contributed by atoms with Crippen molar-refractivity contribution in [1.29, 1.82) is 0 Å². The maximum atomic E-state index is 12.9. The monoisotopic (exact) mass is 378 g/mol. The van der Waals surface area contributed by atoms with Gasteiger partial charge in [0.05, 0.1) is 11.6 Å². The number of carboxylic acids is 1. The standard InChI is InChI=1S/C18H19FN2O4S/c1-11-16(17(22)21-8-2-3-12(9-21)18(23)24)26-15(20-11)10-25-14-6-4-13(19)5-7-14/h4-7,12H,2-3,8-10H2,1H3,(H,23,24)/t12-/m0/s1. The third-order valence-electron chi connectivity index (χ3n) is 4.27. The fourth-order valence-electron chi connectivity index (χ4n) is 2.90. The molecule has 1 N–H and O–H groups in total. The van der Waals surface area contributed by atoms with E-state index in [2.05, 4.69) is 4.98 Å². The summed E-state index contributed by atoms with van der Waals surface area (Å²) in [6, 6.07) is 5.68. The normalized spacial score (nSPS) is 17.2. The highest BCUT2D eigenvalue weighted by Crippen LogP contribution is 2.25. The fourth-order valence-corrected chi connectivity index (χ4v) is 3.84. The van der Waals surface area contributed by atoms with Gasteiger partial charge < -0.3 is 14.7 Å². The number of carbonyl (C=O) groups is 2.